The summed E-state index contributed by atoms with van der Waals surface area (Å²) in [5, 5.41) is 0.773. The predicted molar refractivity (Wildman–Crippen MR) is 113 cm³/mol. The maximum absolute atomic E-state index is 12.4. The quantitative estimate of drug-likeness (QED) is 0.435. The summed E-state index contributed by atoms with van der Waals surface area (Å²) >= 11 is 6.07. The molecule has 1 heterocycles. The van der Waals surface area contributed by atoms with Crippen molar-refractivity contribution in [3.63, 3.8) is 0 Å². The Hall–Kier alpha value is -2.16. The number of nitrogens with zero attached hydrogens (tertiary/aromatic N) is 1. The second-order valence-corrected chi connectivity index (χ2v) is 8.51. The molecule has 5 nitrogen and oxygen atoms in total. The Balaban J connectivity index is 1.54. The number of hydrogen-bond acceptors (Lipinski definition) is 5. The molecule has 2 N–H and O–H groups in total. The van der Waals surface area contributed by atoms with Crippen LogP contribution in [0, 0.1) is 6.92 Å². The van der Waals surface area contributed by atoms with E-state index in [1.54, 1.807) is 6.92 Å². The fourth-order valence-corrected chi connectivity index (χ4v) is 4.14. The molecule has 0 saturated carbocycles. The first-order chi connectivity index (χ1) is 13.0. The zero-order valence-electron chi connectivity index (χ0n) is 14.4. The third-order valence-electron chi connectivity index (χ3n) is 3.52. The number of rotatable bonds is 5. The number of aryl methyl sites for hydroxylation is 1. The molecule has 27 heavy (non-hydrogen) atoms. The Morgan fingerprint density at radius 2 is 1.78 bits per heavy atom. The molecule has 138 valence electrons. The van der Waals surface area contributed by atoms with E-state index in [1.165, 1.54) is 23.1 Å². The molecule has 0 atom stereocenters. The second-order valence-electron chi connectivity index (χ2n) is 5.54. The number of halogens is 1. The zero-order chi connectivity index (χ0) is 19.2. The van der Waals surface area contributed by atoms with Gasteiger partial charge in [0.25, 0.3) is 5.91 Å². The van der Waals surface area contributed by atoms with Crippen LogP contribution in [0.25, 0.3) is 10.6 Å². The van der Waals surface area contributed by atoms with Crippen LogP contribution in [0.15, 0.2) is 64.0 Å². The number of carbonyl (C=O) groups is 2. The lowest BCUT2D eigenvalue weighted by Crippen LogP contribution is -2.42. The number of hydrogen-bond donors (Lipinski definition) is 2. The van der Waals surface area contributed by atoms with E-state index in [9.17, 15) is 9.59 Å². The van der Waals surface area contributed by atoms with Gasteiger partial charge in [-0.05, 0) is 31.2 Å². The highest BCUT2D eigenvalue weighted by atomic mass is 79.9. The number of amides is 2. The maximum Gasteiger partial charge on any atom is 0.281 e. The van der Waals surface area contributed by atoms with E-state index in [0.29, 0.717) is 10.6 Å². The van der Waals surface area contributed by atoms with Gasteiger partial charge in [-0.1, -0.05) is 46.3 Å². The SMILES string of the molecule is Cc1nc(-c2ccccc2)sc1C(=O)NNC(=O)CSc1ccc(Br)cc1. The normalized spacial score (nSPS) is 10.4. The molecule has 0 spiro atoms. The first kappa shape index (κ1) is 19.6. The van der Waals surface area contributed by atoms with Gasteiger partial charge in [0, 0.05) is 14.9 Å². The summed E-state index contributed by atoms with van der Waals surface area (Å²) in [5.41, 5.74) is 6.50. The van der Waals surface area contributed by atoms with Gasteiger partial charge >= 0.3 is 0 Å². The van der Waals surface area contributed by atoms with Crippen molar-refractivity contribution in [3.8, 4) is 10.6 Å². The van der Waals surface area contributed by atoms with Gasteiger partial charge in [0.2, 0.25) is 5.91 Å². The number of nitrogens with one attached hydrogen (secondary N) is 2. The number of aromatic nitrogens is 1. The number of thioether (sulfide) groups is 1. The van der Waals surface area contributed by atoms with E-state index in [0.717, 1.165) is 19.9 Å². The fraction of sp³-hybridized carbons (Fsp3) is 0.105. The Bertz CT molecular complexity index is 943. The molecule has 3 rings (SSSR count). The highest BCUT2D eigenvalue weighted by Crippen LogP contribution is 2.27. The van der Waals surface area contributed by atoms with Crippen LogP contribution in [0.1, 0.15) is 15.4 Å². The zero-order valence-corrected chi connectivity index (χ0v) is 17.6. The van der Waals surface area contributed by atoms with Crippen LogP contribution >= 0.6 is 39.0 Å². The van der Waals surface area contributed by atoms with Crippen molar-refractivity contribution in [2.24, 2.45) is 0 Å². The fourth-order valence-electron chi connectivity index (χ4n) is 2.21. The van der Waals surface area contributed by atoms with Crippen molar-refractivity contribution >= 4 is 50.8 Å². The van der Waals surface area contributed by atoms with Crippen LogP contribution in [0.2, 0.25) is 0 Å². The number of hydrazine groups is 1. The molecule has 0 unspecified atom stereocenters. The summed E-state index contributed by atoms with van der Waals surface area (Å²) in [6.45, 7) is 1.78. The van der Waals surface area contributed by atoms with Crippen molar-refractivity contribution in [3.05, 3.63) is 69.6 Å². The lowest BCUT2D eigenvalue weighted by atomic mass is 10.2. The van der Waals surface area contributed by atoms with Gasteiger partial charge in [0.15, 0.2) is 0 Å². The number of thiazole rings is 1. The van der Waals surface area contributed by atoms with Crippen LogP contribution in [0.5, 0.6) is 0 Å². The van der Waals surface area contributed by atoms with Crippen molar-refractivity contribution in [1.29, 1.82) is 0 Å². The van der Waals surface area contributed by atoms with E-state index < -0.39 is 0 Å². The van der Waals surface area contributed by atoms with Crippen LogP contribution in [0.4, 0.5) is 0 Å². The number of benzene rings is 2. The lowest BCUT2D eigenvalue weighted by molar-refractivity contribution is -0.119. The smallest absolute Gasteiger partial charge is 0.272 e. The minimum atomic E-state index is -0.367. The third kappa shape index (κ3) is 5.41. The van der Waals surface area contributed by atoms with Crippen LogP contribution < -0.4 is 10.9 Å². The minimum absolute atomic E-state index is 0.207. The van der Waals surface area contributed by atoms with Crippen LogP contribution in [0.3, 0.4) is 0 Å². The van der Waals surface area contributed by atoms with Gasteiger partial charge in [-0.25, -0.2) is 4.98 Å². The van der Waals surface area contributed by atoms with E-state index in [1.807, 2.05) is 54.6 Å². The van der Waals surface area contributed by atoms with Crippen molar-refractivity contribution in [2.45, 2.75) is 11.8 Å². The Kier molecular flexibility index (Phi) is 6.65. The molecule has 8 heteroatoms. The molecular weight excluding hydrogens is 446 g/mol. The lowest BCUT2D eigenvalue weighted by Gasteiger charge is -2.06. The molecule has 1 aromatic heterocycles. The molecule has 0 saturated heterocycles. The first-order valence-corrected chi connectivity index (χ1v) is 10.6. The Labute approximate surface area is 173 Å². The van der Waals surface area contributed by atoms with Crippen molar-refractivity contribution in [1.82, 2.24) is 15.8 Å². The summed E-state index contributed by atoms with van der Waals surface area (Å²) in [6, 6.07) is 17.3. The summed E-state index contributed by atoms with van der Waals surface area (Å²) in [7, 11) is 0. The van der Waals surface area contributed by atoms with Gasteiger partial charge in [-0.15, -0.1) is 23.1 Å². The summed E-state index contributed by atoms with van der Waals surface area (Å²) in [5.74, 6) is -0.435. The average molecular weight is 462 g/mol. The highest BCUT2D eigenvalue weighted by molar-refractivity contribution is 9.10. The van der Waals surface area contributed by atoms with Gasteiger partial charge in [-0.3, -0.25) is 20.4 Å². The van der Waals surface area contributed by atoms with E-state index >= 15 is 0 Å². The molecule has 0 bridgehead atoms. The molecule has 0 radical (unpaired) electrons. The van der Waals surface area contributed by atoms with Gasteiger partial charge in [0.1, 0.15) is 9.88 Å². The van der Waals surface area contributed by atoms with Crippen molar-refractivity contribution in [2.75, 3.05) is 5.75 Å². The van der Waals surface area contributed by atoms with Crippen LogP contribution in [-0.4, -0.2) is 22.6 Å². The summed E-state index contributed by atoms with van der Waals surface area (Å²) in [4.78, 5) is 30.2. The topological polar surface area (TPSA) is 71.1 Å². The molecule has 0 aliphatic rings. The van der Waals surface area contributed by atoms with Crippen molar-refractivity contribution < 1.29 is 9.59 Å². The summed E-state index contributed by atoms with van der Waals surface area (Å²) in [6.07, 6.45) is 0. The summed E-state index contributed by atoms with van der Waals surface area (Å²) < 4.78 is 0.985. The average Bonchev–Trinajstić information content (AvgIpc) is 3.08. The largest absolute Gasteiger partial charge is 0.281 e. The van der Waals surface area contributed by atoms with Crippen LogP contribution in [-0.2, 0) is 4.79 Å². The van der Waals surface area contributed by atoms with E-state index in [-0.39, 0.29) is 17.6 Å². The third-order valence-corrected chi connectivity index (χ3v) is 6.27. The van der Waals surface area contributed by atoms with E-state index in [4.69, 9.17) is 0 Å². The van der Waals surface area contributed by atoms with E-state index in [2.05, 4.69) is 31.8 Å². The number of carbonyl (C=O) groups excluding carboxylic acids is 2. The van der Waals surface area contributed by atoms with Gasteiger partial charge in [0.05, 0.1) is 11.4 Å². The maximum atomic E-state index is 12.4. The Morgan fingerprint density at radius 1 is 1.07 bits per heavy atom. The molecule has 0 aliphatic carbocycles. The van der Waals surface area contributed by atoms with Gasteiger partial charge in [-0.2, -0.15) is 0 Å². The standard InChI is InChI=1S/C19H16BrN3O2S2/c1-12-17(27-19(21-12)13-5-3-2-4-6-13)18(25)23-22-16(24)11-26-15-9-7-14(20)8-10-15/h2-10H,11H2,1H3,(H,22,24)(H,23,25). The molecular formula is C19H16BrN3O2S2. The highest BCUT2D eigenvalue weighted by Gasteiger charge is 2.16. The molecule has 0 fully saturated rings. The van der Waals surface area contributed by atoms with Gasteiger partial charge < -0.3 is 0 Å². The molecule has 0 aliphatic heterocycles. The molecule has 2 amide bonds. The molecule has 2 aromatic carbocycles. The molecule has 3 aromatic rings. The minimum Gasteiger partial charge on any atom is -0.272 e. The monoisotopic (exact) mass is 461 g/mol. The first-order valence-electron chi connectivity index (χ1n) is 8.03. The Morgan fingerprint density at radius 3 is 2.48 bits per heavy atom. The second kappa shape index (κ2) is 9.16. The predicted octanol–water partition coefficient (Wildman–Crippen LogP) is 4.43.